The molecular formula is C32H36Cl3N3O4S. The molecule has 1 fully saturated rings. The molecule has 4 rings (SSSR count). The maximum absolute atomic E-state index is 14.2. The van der Waals surface area contributed by atoms with Crippen molar-refractivity contribution in [2.45, 2.75) is 75.9 Å². The summed E-state index contributed by atoms with van der Waals surface area (Å²) in [6.45, 7) is 3.17. The summed E-state index contributed by atoms with van der Waals surface area (Å²) in [4.78, 5) is 29.4. The zero-order chi connectivity index (χ0) is 31.1. The van der Waals surface area contributed by atoms with Crippen LogP contribution in [0.25, 0.3) is 0 Å². The number of amides is 2. The fourth-order valence-electron chi connectivity index (χ4n) is 5.30. The minimum Gasteiger partial charge on any atom is -0.352 e. The summed E-state index contributed by atoms with van der Waals surface area (Å²) in [5.41, 5.74) is 1.78. The third-order valence-corrected chi connectivity index (χ3v) is 10.4. The van der Waals surface area contributed by atoms with Gasteiger partial charge in [-0.2, -0.15) is 0 Å². The average molecular weight is 665 g/mol. The lowest BCUT2D eigenvalue weighted by Gasteiger charge is -2.34. The van der Waals surface area contributed by atoms with Crippen molar-refractivity contribution in [1.29, 1.82) is 0 Å². The summed E-state index contributed by atoms with van der Waals surface area (Å²) >= 11 is 18.7. The van der Waals surface area contributed by atoms with Gasteiger partial charge in [0.05, 0.1) is 20.6 Å². The van der Waals surface area contributed by atoms with E-state index >= 15 is 0 Å². The van der Waals surface area contributed by atoms with E-state index in [9.17, 15) is 18.0 Å². The summed E-state index contributed by atoms with van der Waals surface area (Å²) < 4.78 is 29.0. The van der Waals surface area contributed by atoms with Crippen molar-refractivity contribution < 1.29 is 18.0 Å². The van der Waals surface area contributed by atoms with Gasteiger partial charge in [0.1, 0.15) is 12.6 Å². The Morgan fingerprint density at radius 2 is 1.63 bits per heavy atom. The van der Waals surface area contributed by atoms with Gasteiger partial charge in [-0.15, -0.1) is 0 Å². The van der Waals surface area contributed by atoms with Crippen molar-refractivity contribution in [2.24, 2.45) is 0 Å². The molecule has 11 heteroatoms. The van der Waals surface area contributed by atoms with E-state index in [-0.39, 0.29) is 29.1 Å². The standard InChI is InChI=1S/C32H36Cl3N3O4S/c1-3-30(32(40)36-25-9-5-4-6-10-25)37(20-23-14-17-28(34)29(35)18-23)31(39)21-38(26-11-7-8-24(33)19-26)43(41,42)27-15-12-22(2)13-16-27/h7-8,11-19,25,30H,3-6,9-10,20-21H2,1-2H3,(H,36,40). The van der Waals surface area contributed by atoms with Gasteiger partial charge < -0.3 is 10.2 Å². The van der Waals surface area contributed by atoms with Crippen molar-refractivity contribution in [3.05, 3.63) is 92.9 Å². The molecule has 1 N–H and O–H groups in total. The van der Waals surface area contributed by atoms with E-state index in [1.807, 2.05) is 13.8 Å². The van der Waals surface area contributed by atoms with Gasteiger partial charge in [0.15, 0.2) is 0 Å². The minimum absolute atomic E-state index is 0.0281. The van der Waals surface area contributed by atoms with E-state index < -0.39 is 28.5 Å². The molecule has 1 aliphatic rings. The summed E-state index contributed by atoms with van der Waals surface area (Å²) in [6.07, 6.45) is 5.33. The van der Waals surface area contributed by atoms with Crippen LogP contribution in [-0.2, 0) is 26.2 Å². The first-order valence-electron chi connectivity index (χ1n) is 14.4. The quantitative estimate of drug-likeness (QED) is 0.231. The molecule has 0 aliphatic heterocycles. The highest BCUT2D eigenvalue weighted by molar-refractivity contribution is 7.92. The number of carbonyl (C=O) groups is 2. The number of hydrogen-bond acceptors (Lipinski definition) is 4. The minimum atomic E-state index is -4.19. The second-order valence-corrected chi connectivity index (χ2v) is 14.0. The van der Waals surface area contributed by atoms with Crippen molar-refractivity contribution in [3.8, 4) is 0 Å². The molecule has 3 aromatic rings. The van der Waals surface area contributed by atoms with Gasteiger partial charge in [-0.25, -0.2) is 8.42 Å². The fourth-order valence-corrected chi connectivity index (χ4v) is 7.21. The molecule has 0 saturated heterocycles. The Hall–Kier alpha value is -2.78. The molecule has 0 spiro atoms. The largest absolute Gasteiger partial charge is 0.352 e. The molecule has 1 atom stereocenters. The number of hydrogen-bond donors (Lipinski definition) is 1. The molecule has 0 aromatic heterocycles. The number of nitrogens with zero attached hydrogens (tertiary/aromatic N) is 2. The summed E-state index contributed by atoms with van der Waals surface area (Å²) in [5, 5.41) is 4.13. The highest BCUT2D eigenvalue weighted by atomic mass is 35.5. The second-order valence-electron chi connectivity index (χ2n) is 10.8. The molecule has 230 valence electrons. The fraction of sp³-hybridized carbons (Fsp3) is 0.375. The lowest BCUT2D eigenvalue weighted by Crippen LogP contribution is -2.54. The van der Waals surface area contributed by atoms with Crippen molar-refractivity contribution in [3.63, 3.8) is 0 Å². The normalized spacial score (nSPS) is 14.6. The Morgan fingerprint density at radius 1 is 0.930 bits per heavy atom. The average Bonchev–Trinajstić information content (AvgIpc) is 2.98. The number of nitrogens with one attached hydrogen (secondary N) is 1. The predicted molar refractivity (Wildman–Crippen MR) is 173 cm³/mol. The van der Waals surface area contributed by atoms with E-state index in [1.165, 1.54) is 23.1 Å². The van der Waals surface area contributed by atoms with Crippen LogP contribution in [0.1, 0.15) is 56.6 Å². The van der Waals surface area contributed by atoms with Crippen LogP contribution in [0.3, 0.4) is 0 Å². The first-order chi connectivity index (χ1) is 20.5. The molecule has 1 saturated carbocycles. The number of sulfonamides is 1. The van der Waals surface area contributed by atoms with E-state index in [1.54, 1.807) is 48.5 Å². The lowest BCUT2D eigenvalue weighted by molar-refractivity contribution is -0.140. The van der Waals surface area contributed by atoms with Crippen LogP contribution < -0.4 is 9.62 Å². The highest BCUT2D eigenvalue weighted by Crippen LogP contribution is 2.28. The Labute approximate surface area is 269 Å². The zero-order valence-corrected chi connectivity index (χ0v) is 27.3. The summed E-state index contributed by atoms with van der Waals surface area (Å²) in [7, 11) is -4.19. The number of rotatable bonds is 11. The topological polar surface area (TPSA) is 86.8 Å². The lowest BCUT2D eigenvalue weighted by atomic mass is 9.95. The zero-order valence-electron chi connectivity index (χ0n) is 24.2. The van der Waals surface area contributed by atoms with Crippen LogP contribution in [0.5, 0.6) is 0 Å². The Kier molecular flexibility index (Phi) is 11.4. The van der Waals surface area contributed by atoms with Crippen LogP contribution >= 0.6 is 34.8 Å². The van der Waals surface area contributed by atoms with Crippen LogP contribution in [0.15, 0.2) is 71.6 Å². The SMILES string of the molecule is CCC(C(=O)NC1CCCCC1)N(Cc1ccc(Cl)c(Cl)c1)C(=O)CN(c1cccc(Cl)c1)S(=O)(=O)c1ccc(C)cc1. The third kappa shape index (κ3) is 8.44. The van der Waals surface area contributed by atoms with Crippen LogP contribution in [-0.4, -0.2) is 43.8 Å². The first-order valence-corrected chi connectivity index (χ1v) is 17.0. The van der Waals surface area contributed by atoms with Gasteiger partial charge in [0.25, 0.3) is 10.0 Å². The Morgan fingerprint density at radius 3 is 2.26 bits per heavy atom. The predicted octanol–water partition coefficient (Wildman–Crippen LogP) is 7.41. The maximum atomic E-state index is 14.2. The van der Waals surface area contributed by atoms with Crippen LogP contribution in [0, 0.1) is 6.92 Å². The molecule has 0 bridgehead atoms. The molecule has 3 aromatic carbocycles. The molecular weight excluding hydrogens is 629 g/mol. The third-order valence-electron chi connectivity index (χ3n) is 7.66. The van der Waals surface area contributed by atoms with Crippen molar-refractivity contribution >= 4 is 62.3 Å². The number of carbonyl (C=O) groups excluding carboxylic acids is 2. The molecule has 43 heavy (non-hydrogen) atoms. The molecule has 1 aliphatic carbocycles. The van der Waals surface area contributed by atoms with E-state index in [0.29, 0.717) is 27.1 Å². The van der Waals surface area contributed by atoms with Crippen molar-refractivity contribution in [1.82, 2.24) is 10.2 Å². The van der Waals surface area contributed by atoms with E-state index in [2.05, 4.69) is 5.32 Å². The van der Waals surface area contributed by atoms with Gasteiger partial charge in [-0.05, 0) is 74.2 Å². The second kappa shape index (κ2) is 14.8. The molecule has 0 heterocycles. The summed E-state index contributed by atoms with van der Waals surface area (Å²) in [6, 6.07) is 17.0. The number of benzene rings is 3. The van der Waals surface area contributed by atoms with Crippen LogP contribution in [0.4, 0.5) is 5.69 Å². The number of anilines is 1. The first kappa shape index (κ1) is 33.1. The maximum Gasteiger partial charge on any atom is 0.264 e. The van der Waals surface area contributed by atoms with E-state index in [0.717, 1.165) is 42.0 Å². The smallest absolute Gasteiger partial charge is 0.264 e. The highest BCUT2D eigenvalue weighted by Gasteiger charge is 2.34. The Bertz CT molecular complexity index is 1540. The monoisotopic (exact) mass is 663 g/mol. The van der Waals surface area contributed by atoms with Crippen molar-refractivity contribution in [2.75, 3.05) is 10.8 Å². The van der Waals surface area contributed by atoms with Gasteiger partial charge in [0, 0.05) is 17.6 Å². The van der Waals surface area contributed by atoms with E-state index in [4.69, 9.17) is 34.8 Å². The summed E-state index contributed by atoms with van der Waals surface area (Å²) in [5.74, 6) is -0.814. The molecule has 2 amide bonds. The van der Waals surface area contributed by atoms with Gasteiger partial charge in [-0.1, -0.05) is 90.8 Å². The van der Waals surface area contributed by atoms with Crippen LogP contribution in [0.2, 0.25) is 15.1 Å². The molecule has 0 radical (unpaired) electrons. The van der Waals surface area contributed by atoms with Gasteiger partial charge >= 0.3 is 0 Å². The molecule has 7 nitrogen and oxygen atoms in total. The molecule has 1 unspecified atom stereocenters. The van der Waals surface area contributed by atoms with Gasteiger partial charge in [-0.3, -0.25) is 13.9 Å². The number of halogens is 3. The Balaban J connectivity index is 1.72. The number of aryl methyl sites for hydroxylation is 1. The van der Waals surface area contributed by atoms with Gasteiger partial charge in [0.2, 0.25) is 11.8 Å².